The largest absolute Gasteiger partial charge is 0.394 e. The second-order valence-corrected chi connectivity index (χ2v) is 4.96. The summed E-state index contributed by atoms with van der Waals surface area (Å²) in [5.41, 5.74) is 8.94. The fraction of sp³-hybridized carbons (Fsp3) is 0.286. The van der Waals surface area contributed by atoms with Crippen LogP contribution in [0.15, 0.2) is 16.7 Å². The SMILES string of the molecule is CCNC(=O)c1noc(-c2cc(Cl)c(C)cc2C)c1N. The number of halogens is 1. The smallest absolute Gasteiger partial charge is 0.275 e. The summed E-state index contributed by atoms with van der Waals surface area (Å²) in [5.74, 6) is 0.0153. The summed E-state index contributed by atoms with van der Waals surface area (Å²) in [6, 6.07) is 3.70. The van der Waals surface area contributed by atoms with E-state index in [2.05, 4.69) is 10.5 Å². The van der Waals surface area contributed by atoms with E-state index in [9.17, 15) is 4.79 Å². The summed E-state index contributed by atoms with van der Waals surface area (Å²) < 4.78 is 5.23. The zero-order valence-corrected chi connectivity index (χ0v) is 12.3. The van der Waals surface area contributed by atoms with Crippen LogP contribution < -0.4 is 11.1 Å². The van der Waals surface area contributed by atoms with Gasteiger partial charge in [-0.1, -0.05) is 22.8 Å². The molecule has 1 aromatic heterocycles. The number of aromatic nitrogens is 1. The maximum atomic E-state index is 11.8. The second-order valence-electron chi connectivity index (χ2n) is 4.55. The molecule has 0 saturated heterocycles. The number of rotatable bonds is 3. The Hall–Kier alpha value is -2.01. The zero-order chi connectivity index (χ0) is 14.9. The van der Waals surface area contributed by atoms with Crippen molar-refractivity contribution in [2.45, 2.75) is 20.8 Å². The summed E-state index contributed by atoms with van der Waals surface area (Å²) in [4.78, 5) is 11.8. The van der Waals surface area contributed by atoms with E-state index >= 15 is 0 Å². The van der Waals surface area contributed by atoms with Gasteiger partial charge in [0.1, 0.15) is 5.69 Å². The van der Waals surface area contributed by atoms with Crippen LogP contribution in [-0.2, 0) is 0 Å². The number of hydrogen-bond acceptors (Lipinski definition) is 4. The molecule has 0 saturated carbocycles. The number of carbonyl (C=O) groups is 1. The second kappa shape index (κ2) is 5.54. The van der Waals surface area contributed by atoms with E-state index in [1.165, 1.54) is 0 Å². The Kier molecular flexibility index (Phi) is 3.99. The van der Waals surface area contributed by atoms with Gasteiger partial charge in [0.25, 0.3) is 5.91 Å². The summed E-state index contributed by atoms with van der Waals surface area (Å²) in [6.07, 6.45) is 0. The normalized spacial score (nSPS) is 10.6. The van der Waals surface area contributed by atoms with Crippen molar-refractivity contribution in [1.29, 1.82) is 0 Å². The monoisotopic (exact) mass is 293 g/mol. The van der Waals surface area contributed by atoms with Crippen LogP contribution in [0.5, 0.6) is 0 Å². The molecule has 0 fully saturated rings. The molecule has 1 amide bonds. The number of nitrogens with two attached hydrogens (primary N) is 1. The van der Waals surface area contributed by atoms with Gasteiger partial charge in [0.15, 0.2) is 11.5 Å². The van der Waals surface area contributed by atoms with Crippen LogP contribution in [0.4, 0.5) is 5.69 Å². The van der Waals surface area contributed by atoms with E-state index in [0.717, 1.165) is 16.7 Å². The van der Waals surface area contributed by atoms with Crippen LogP contribution in [0.3, 0.4) is 0 Å². The van der Waals surface area contributed by atoms with Gasteiger partial charge >= 0.3 is 0 Å². The van der Waals surface area contributed by atoms with E-state index in [1.54, 1.807) is 6.07 Å². The van der Waals surface area contributed by atoms with E-state index < -0.39 is 0 Å². The van der Waals surface area contributed by atoms with Crippen molar-refractivity contribution in [2.24, 2.45) is 0 Å². The Bertz CT molecular complexity index is 665. The van der Waals surface area contributed by atoms with Gasteiger partial charge in [-0.2, -0.15) is 0 Å². The van der Waals surface area contributed by atoms with Gasteiger partial charge in [-0.05, 0) is 38.0 Å². The molecule has 0 bridgehead atoms. The molecule has 106 valence electrons. The molecular formula is C14H16ClN3O2. The molecule has 0 aliphatic carbocycles. The minimum absolute atomic E-state index is 0.0953. The Morgan fingerprint density at radius 1 is 1.40 bits per heavy atom. The molecule has 6 heteroatoms. The molecule has 0 aliphatic rings. The minimum Gasteiger partial charge on any atom is -0.394 e. The number of hydrogen-bond donors (Lipinski definition) is 2. The molecule has 0 spiro atoms. The average molecular weight is 294 g/mol. The Morgan fingerprint density at radius 2 is 2.10 bits per heavy atom. The highest BCUT2D eigenvalue weighted by atomic mass is 35.5. The number of benzene rings is 1. The molecule has 5 nitrogen and oxygen atoms in total. The molecule has 3 N–H and O–H groups in total. The van der Waals surface area contributed by atoms with E-state index in [1.807, 2.05) is 26.8 Å². The van der Waals surface area contributed by atoms with Crippen molar-refractivity contribution in [3.63, 3.8) is 0 Å². The predicted molar refractivity (Wildman–Crippen MR) is 78.8 cm³/mol. The third-order valence-electron chi connectivity index (χ3n) is 3.03. The molecule has 1 heterocycles. The van der Waals surface area contributed by atoms with Crippen LogP contribution in [0.25, 0.3) is 11.3 Å². The van der Waals surface area contributed by atoms with Crippen LogP contribution >= 0.6 is 11.6 Å². The third-order valence-corrected chi connectivity index (χ3v) is 3.44. The van der Waals surface area contributed by atoms with Gasteiger partial charge in [0, 0.05) is 17.1 Å². The van der Waals surface area contributed by atoms with Crippen molar-refractivity contribution in [1.82, 2.24) is 10.5 Å². The number of amides is 1. The Labute approximate surface area is 122 Å². The van der Waals surface area contributed by atoms with Crippen molar-refractivity contribution in [3.8, 4) is 11.3 Å². The fourth-order valence-corrected chi connectivity index (χ4v) is 2.13. The van der Waals surface area contributed by atoms with Gasteiger partial charge < -0.3 is 15.6 Å². The highest BCUT2D eigenvalue weighted by Crippen LogP contribution is 2.34. The van der Waals surface area contributed by atoms with Gasteiger partial charge in [0.2, 0.25) is 0 Å². The van der Waals surface area contributed by atoms with Gasteiger partial charge in [-0.3, -0.25) is 4.79 Å². The van der Waals surface area contributed by atoms with Gasteiger partial charge in [0.05, 0.1) is 0 Å². The Morgan fingerprint density at radius 3 is 2.75 bits per heavy atom. The molecule has 2 rings (SSSR count). The summed E-state index contributed by atoms with van der Waals surface area (Å²) in [7, 11) is 0. The van der Waals surface area contributed by atoms with Crippen molar-refractivity contribution in [2.75, 3.05) is 12.3 Å². The Balaban J connectivity index is 2.50. The topological polar surface area (TPSA) is 81.2 Å². The van der Waals surface area contributed by atoms with Crippen LogP contribution in [0.2, 0.25) is 5.02 Å². The lowest BCUT2D eigenvalue weighted by molar-refractivity contribution is 0.0947. The fourth-order valence-electron chi connectivity index (χ4n) is 1.97. The maximum Gasteiger partial charge on any atom is 0.275 e. The molecule has 0 aliphatic heterocycles. The third kappa shape index (κ3) is 2.49. The summed E-state index contributed by atoms with van der Waals surface area (Å²) in [6.45, 7) is 6.16. The molecule has 0 radical (unpaired) electrons. The predicted octanol–water partition coefficient (Wildman–Crippen LogP) is 2.94. The minimum atomic E-state index is -0.351. The van der Waals surface area contributed by atoms with Crippen LogP contribution in [-0.4, -0.2) is 17.6 Å². The highest BCUT2D eigenvalue weighted by molar-refractivity contribution is 6.31. The van der Waals surface area contributed by atoms with Gasteiger partial charge in [-0.25, -0.2) is 0 Å². The van der Waals surface area contributed by atoms with Crippen molar-refractivity contribution in [3.05, 3.63) is 34.0 Å². The van der Waals surface area contributed by atoms with Crippen molar-refractivity contribution >= 4 is 23.2 Å². The number of nitrogens with one attached hydrogen (secondary N) is 1. The van der Waals surface area contributed by atoms with Crippen LogP contribution in [0.1, 0.15) is 28.5 Å². The number of aryl methyl sites for hydroxylation is 2. The zero-order valence-electron chi connectivity index (χ0n) is 11.6. The van der Waals surface area contributed by atoms with Crippen molar-refractivity contribution < 1.29 is 9.32 Å². The van der Waals surface area contributed by atoms with Crippen LogP contribution in [0, 0.1) is 13.8 Å². The lowest BCUT2D eigenvalue weighted by atomic mass is 10.0. The molecule has 0 unspecified atom stereocenters. The van der Waals surface area contributed by atoms with Gasteiger partial charge in [-0.15, -0.1) is 0 Å². The summed E-state index contributed by atoms with van der Waals surface area (Å²) in [5, 5.41) is 7.00. The maximum absolute atomic E-state index is 11.8. The molecule has 20 heavy (non-hydrogen) atoms. The first kappa shape index (κ1) is 14.4. The molecule has 0 atom stereocenters. The first-order valence-corrected chi connectivity index (χ1v) is 6.64. The lowest BCUT2D eigenvalue weighted by Crippen LogP contribution is -2.23. The summed E-state index contributed by atoms with van der Waals surface area (Å²) >= 11 is 6.12. The number of nitrogen functional groups attached to an aromatic ring is 1. The standard InChI is InChI=1S/C14H16ClN3O2/c1-4-17-14(19)12-11(16)13(20-18-12)9-6-10(15)8(3)5-7(9)2/h5-6H,4,16H2,1-3H3,(H,17,19). The molecule has 2 aromatic rings. The molecule has 1 aromatic carbocycles. The van der Waals surface area contributed by atoms with E-state index in [4.69, 9.17) is 21.9 Å². The number of carbonyl (C=O) groups excluding carboxylic acids is 1. The number of anilines is 1. The first-order valence-electron chi connectivity index (χ1n) is 6.26. The first-order chi connectivity index (χ1) is 9.45. The number of nitrogens with zero attached hydrogens (tertiary/aromatic N) is 1. The van der Waals surface area contributed by atoms with E-state index in [0.29, 0.717) is 17.3 Å². The molecular weight excluding hydrogens is 278 g/mol. The average Bonchev–Trinajstić information content (AvgIpc) is 2.76. The highest BCUT2D eigenvalue weighted by Gasteiger charge is 2.21. The quantitative estimate of drug-likeness (QED) is 0.911. The lowest BCUT2D eigenvalue weighted by Gasteiger charge is -2.06. The van der Waals surface area contributed by atoms with E-state index in [-0.39, 0.29) is 17.3 Å².